The number of halogens is 1. The number of carbonyl (C=O) groups excluding carboxylic acids is 4. The summed E-state index contributed by atoms with van der Waals surface area (Å²) in [7, 11) is 1.54. The fraction of sp³-hybridized carbons (Fsp3) is 0.143. The number of esters is 1. The zero-order valence-electron chi connectivity index (χ0n) is 20.6. The van der Waals surface area contributed by atoms with Crippen LogP contribution in [0.3, 0.4) is 0 Å². The van der Waals surface area contributed by atoms with Crippen LogP contribution in [0, 0.1) is 0 Å². The number of ether oxygens (including phenoxy) is 2. The predicted molar refractivity (Wildman–Crippen MR) is 143 cm³/mol. The Morgan fingerprint density at radius 2 is 1.63 bits per heavy atom. The number of anilines is 3. The van der Waals surface area contributed by atoms with Crippen LogP contribution in [0.2, 0.25) is 0 Å². The van der Waals surface area contributed by atoms with Gasteiger partial charge in [0.05, 0.1) is 25.0 Å². The van der Waals surface area contributed by atoms with Gasteiger partial charge in [-0.05, 0) is 61.0 Å². The first kappa shape index (κ1) is 26.4. The summed E-state index contributed by atoms with van der Waals surface area (Å²) in [5.41, 5.74) is 1.66. The van der Waals surface area contributed by atoms with E-state index in [1.54, 1.807) is 54.6 Å². The third-order valence-electron chi connectivity index (χ3n) is 5.55. The van der Waals surface area contributed by atoms with Crippen molar-refractivity contribution >= 4 is 52.4 Å². The highest BCUT2D eigenvalue weighted by Crippen LogP contribution is 2.31. The lowest BCUT2D eigenvalue weighted by Crippen LogP contribution is -2.32. The van der Waals surface area contributed by atoms with E-state index in [-0.39, 0.29) is 34.5 Å². The van der Waals surface area contributed by atoms with E-state index in [0.29, 0.717) is 29.1 Å². The van der Waals surface area contributed by atoms with Gasteiger partial charge in [0.1, 0.15) is 16.5 Å². The van der Waals surface area contributed by atoms with Gasteiger partial charge in [-0.3, -0.25) is 14.4 Å². The molecular weight excluding hydrogens is 510 g/mol. The quantitative estimate of drug-likeness (QED) is 0.295. The number of benzene rings is 3. The minimum atomic E-state index is -0.729. The maximum Gasteiger partial charge on any atom is 0.338 e. The smallest absolute Gasteiger partial charge is 0.338 e. The van der Waals surface area contributed by atoms with Gasteiger partial charge in [0.25, 0.3) is 17.7 Å². The minimum absolute atomic E-state index is 0.121. The average Bonchev–Trinajstić information content (AvgIpc) is 3.15. The zero-order chi connectivity index (χ0) is 27.2. The number of nitrogens with one attached hydrogen (secondary N) is 2. The minimum Gasteiger partial charge on any atom is -0.497 e. The molecule has 0 aromatic heterocycles. The third kappa shape index (κ3) is 5.68. The number of nitrogens with zero attached hydrogens (tertiary/aromatic N) is 1. The molecule has 3 aromatic carbocycles. The second kappa shape index (κ2) is 11.6. The maximum atomic E-state index is 13.1. The molecule has 0 atom stereocenters. The van der Waals surface area contributed by atoms with Gasteiger partial charge in [-0.25, -0.2) is 9.69 Å². The van der Waals surface area contributed by atoms with E-state index in [2.05, 4.69) is 10.6 Å². The highest BCUT2D eigenvalue weighted by molar-refractivity contribution is 6.53. The molecule has 9 nitrogen and oxygen atoms in total. The summed E-state index contributed by atoms with van der Waals surface area (Å²) < 4.78 is 10.3. The van der Waals surface area contributed by atoms with Crippen LogP contribution in [0.15, 0.2) is 83.5 Å². The fourth-order valence-corrected chi connectivity index (χ4v) is 3.86. The second-order valence-electron chi connectivity index (χ2n) is 8.21. The van der Waals surface area contributed by atoms with Crippen molar-refractivity contribution in [3.05, 3.63) is 94.7 Å². The Morgan fingerprint density at radius 1 is 0.895 bits per heavy atom. The molecule has 1 heterocycles. The second-order valence-corrected chi connectivity index (χ2v) is 8.59. The summed E-state index contributed by atoms with van der Waals surface area (Å²) in [6.45, 7) is 2.13. The Morgan fingerprint density at radius 3 is 2.34 bits per heavy atom. The topological polar surface area (TPSA) is 114 Å². The molecule has 0 fully saturated rings. The number of imide groups is 1. The first-order valence-electron chi connectivity index (χ1n) is 11.7. The normalized spacial score (nSPS) is 13.0. The number of methoxy groups -OCH3 is 1. The molecule has 0 radical (unpaired) electrons. The van der Waals surface area contributed by atoms with E-state index < -0.39 is 17.8 Å². The Bertz CT molecular complexity index is 1430. The number of amides is 3. The van der Waals surface area contributed by atoms with E-state index in [0.717, 1.165) is 4.90 Å². The highest BCUT2D eigenvalue weighted by atomic mass is 35.5. The van der Waals surface area contributed by atoms with Gasteiger partial charge in [-0.15, -0.1) is 0 Å². The van der Waals surface area contributed by atoms with E-state index in [1.807, 2.05) is 6.92 Å². The van der Waals surface area contributed by atoms with E-state index >= 15 is 0 Å². The lowest BCUT2D eigenvalue weighted by molar-refractivity contribution is -0.120. The Labute approximate surface area is 224 Å². The van der Waals surface area contributed by atoms with Crippen molar-refractivity contribution in [1.29, 1.82) is 0 Å². The summed E-state index contributed by atoms with van der Waals surface area (Å²) >= 11 is 6.22. The molecule has 0 bridgehead atoms. The molecule has 3 amide bonds. The molecule has 0 aliphatic carbocycles. The molecule has 0 saturated heterocycles. The lowest BCUT2D eigenvalue weighted by atomic mass is 10.1. The summed E-state index contributed by atoms with van der Waals surface area (Å²) in [6, 6.07) is 19.3. The number of hydrogen-bond donors (Lipinski definition) is 2. The third-order valence-corrected chi connectivity index (χ3v) is 5.90. The monoisotopic (exact) mass is 533 g/mol. The summed E-state index contributed by atoms with van der Waals surface area (Å²) in [5, 5.41) is 5.35. The molecule has 0 unspecified atom stereocenters. The molecule has 194 valence electrons. The van der Waals surface area contributed by atoms with Gasteiger partial charge >= 0.3 is 5.97 Å². The molecule has 0 saturated carbocycles. The largest absolute Gasteiger partial charge is 0.497 e. The molecule has 38 heavy (non-hydrogen) atoms. The Balaban J connectivity index is 1.46. The summed E-state index contributed by atoms with van der Waals surface area (Å²) in [4.78, 5) is 51.7. The molecule has 0 spiro atoms. The van der Waals surface area contributed by atoms with Crippen LogP contribution >= 0.6 is 11.6 Å². The molecule has 3 aromatic rings. The van der Waals surface area contributed by atoms with Crippen LogP contribution in [-0.4, -0.2) is 37.4 Å². The zero-order valence-corrected chi connectivity index (χ0v) is 21.4. The summed E-state index contributed by atoms with van der Waals surface area (Å²) in [5.74, 6) is -1.69. The van der Waals surface area contributed by atoms with Crippen molar-refractivity contribution in [3.8, 4) is 5.75 Å². The first-order chi connectivity index (χ1) is 18.3. The van der Waals surface area contributed by atoms with Crippen LogP contribution < -0.4 is 20.3 Å². The molecule has 1 aliphatic heterocycles. The highest BCUT2D eigenvalue weighted by Gasteiger charge is 2.39. The first-order valence-corrected chi connectivity index (χ1v) is 12.1. The van der Waals surface area contributed by atoms with Crippen LogP contribution in [0.25, 0.3) is 0 Å². The van der Waals surface area contributed by atoms with Crippen LogP contribution in [-0.2, 0) is 14.3 Å². The van der Waals surface area contributed by atoms with Crippen LogP contribution in [0.5, 0.6) is 5.75 Å². The van der Waals surface area contributed by atoms with Crippen LogP contribution in [0.1, 0.15) is 34.1 Å². The van der Waals surface area contributed by atoms with Crippen molar-refractivity contribution in [2.45, 2.75) is 13.3 Å². The van der Waals surface area contributed by atoms with E-state index in [9.17, 15) is 19.2 Å². The van der Waals surface area contributed by atoms with Gasteiger partial charge in [0.2, 0.25) is 0 Å². The molecular formula is C28H24ClN3O6. The molecule has 2 N–H and O–H groups in total. The maximum absolute atomic E-state index is 13.1. The Hall–Kier alpha value is -4.63. The van der Waals surface area contributed by atoms with Crippen molar-refractivity contribution in [3.63, 3.8) is 0 Å². The lowest BCUT2D eigenvalue weighted by Gasteiger charge is -2.16. The molecule has 10 heteroatoms. The summed E-state index contributed by atoms with van der Waals surface area (Å²) in [6.07, 6.45) is 0.664. The van der Waals surface area contributed by atoms with Crippen molar-refractivity contribution in [2.24, 2.45) is 0 Å². The van der Waals surface area contributed by atoms with Crippen molar-refractivity contribution in [2.75, 3.05) is 29.3 Å². The van der Waals surface area contributed by atoms with Crippen molar-refractivity contribution < 1.29 is 28.7 Å². The van der Waals surface area contributed by atoms with Crippen LogP contribution in [0.4, 0.5) is 17.1 Å². The number of hydrogen-bond acceptors (Lipinski definition) is 7. The van der Waals surface area contributed by atoms with Gasteiger partial charge in [0.15, 0.2) is 0 Å². The van der Waals surface area contributed by atoms with E-state index in [1.165, 1.54) is 25.3 Å². The number of carbonyl (C=O) groups is 4. The predicted octanol–water partition coefficient (Wildman–Crippen LogP) is 4.95. The molecule has 4 rings (SSSR count). The average molecular weight is 534 g/mol. The Kier molecular flexibility index (Phi) is 8.08. The molecule has 1 aliphatic rings. The fourth-order valence-electron chi connectivity index (χ4n) is 3.65. The van der Waals surface area contributed by atoms with Gasteiger partial charge in [-0.1, -0.05) is 30.7 Å². The van der Waals surface area contributed by atoms with Gasteiger partial charge in [0, 0.05) is 23.0 Å². The SMILES string of the molecule is CCCOC(=O)c1cccc(N2C(=O)C(Cl)=C(Nc3ccc(C(=O)Nc4cccc(OC)c4)cc3)C2=O)c1. The van der Waals surface area contributed by atoms with E-state index in [4.69, 9.17) is 21.1 Å². The number of rotatable bonds is 9. The van der Waals surface area contributed by atoms with Gasteiger partial charge in [-0.2, -0.15) is 0 Å². The van der Waals surface area contributed by atoms with Crippen molar-refractivity contribution in [1.82, 2.24) is 0 Å². The van der Waals surface area contributed by atoms with Gasteiger partial charge < -0.3 is 20.1 Å². The standard InChI is InChI=1S/C28H24ClN3O6/c1-3-14-38-28(36)18-6-4-8-21(15-18)32-26(34)23(29)24(27(32)35)30-19-12-10-17(11-13-19)25(33)31-20-7-5-9-22(16-20)37-2/h4-13,15-16,30H,3,14H2,1-2H3,(H,31,33).